The van der Waals surface area contributed by atoms with Gasteiger partial charge in [-0.05, 0) is 32.0 Å². The predicted octanol–water partition coefficient (Wildman–Crippen LogP) is 1.80. The Morgan fingerprint density at radius 3 is 2.94 bits per heavy atom. The van der Waals surface area contributed by atoms with Crippen LogP contribution in [0.15, 0.2) is 18.3 Å². The molecule has 0 spiro atoms. The zero-order valence-corrected chi connectivity index (χ0v) is 11.5. The molecule has 0 saturated carbocycles. The van der Waals surface area contributed by atoms with Gasteiger partial charge in [0.1, 0.15) is 5.82 Å². The van der Waals surface area contributed by atoms with E-state index >= 15 is 0 Å². The summed E-state index contributed by atoms with van der Waals surface area (Å²) >= 11 is 0. The number of nitrogens with zero attached hydrogens (tertiary/aromatic N) is 2. The van der Waals surface area contributed by atoms with E-state index in [9.17, 15) is 0 Å². The fraction of sp³-hybridized carbons (Fsp3) is 0.643. The van der Waals surface area contributed by atoms with Gasteiger partial charge in [0.15, 0.2) is 0 Å². The molecule has 2 heterocycles. The van der Waals surface area contributed by atoms with E-state index < -0.39 is 0 Å². The summed E-state index contributed by atoms with van der Waals surface area (Å²) in [4.78, 5) is 6.96. The zero-order chi connectivity index (χ0) is 13.0. The fourth-order valence-corrected chi connectivity index (χ4v) is 2.36. The molecule has 2 rings (SSSR count). The first-order chi connectivity index (χ1) is 8.74. The first-order valence-electron chi connectivity index (χ1n) is 6.72. The molecule has 0 aliphatic carbocycles. The Kier molecular flexibility index (Phi) is 4.55. The van der Waals surface area contributed by atoms with Crippen LogP contribution in [0.4, 0.5) is 5.82 Å². The van der Waals surface area contributed by atoms with Crippen molar-refractivity contribution in [3.63, 3.8) is 0 Å². The highest BCUT2D eigenvalue weighted by atomic mass is 16.5. The summed E-state index contributed by atoms with van der Waals surface area (Å²) in [6.07, 6.45) is 3.33. The van der Waals surface area contributed by atoms with Crippen molar-refractivity contribution in [3.05, 3.63) is 23.9 Å². The van der Waals surface area contributed by atoms with Gasteiger partial charge in [0, 0.05) is 19.3 Å². The molecule has 0 amide bonds. The van der Waals surface area contributed by atoms with Crippen LogP contribution in [0, 0.1) is 0 Å². The number of nitrogens with one attached hydrogen (secondary N) is 1. The molecule has 1 fully saturated rings. The Labute approximate surface area is 109 Å². The van der Waals surface area contributed by atoms with E-state index in [0.717, 1.165) is 31.9 Å². The minimum Gasteiger partial charge on any atom is -0.375 e. The van der Waals surface area contributed by atoms with Gasteiger partial charge >= 0.3 is 0 Å². The van der Waals surface area contributed by atoms with Crippen LogP contribution in [0.1, 0.15) is 25.8 Å². The van der Waals surface area contributed by atoms with Crippen molar-refractivity contribution in [1.29, 1.82) is 0 Å². The quantitative estimate of drug-likeness (QED) is 0.883. The number of aromatic nitrogens is 1. The van der Waals surface area contributed by atoms with E-state index in [2.05, 4.69) is 41.2 Å². The molecule has 2 unspecified atom stereocenters. The second-order valence-electron chi connectivity index (χ2n) is 4.91. The number of rotatable bonds is 4. The van der Waals surface area contributed by atoms with Crippen molar-refractivity contribution in [3.8, 4) is 0 Å². The summed E-state index contributed by atoms with van der Waals surface area (Å²) in [7, 11) is 1.95. The van der Waals surface area contributed by atoms with Gasteiger partial charge in [0.2, 0.25) is 0 Å². The molecule has 18 heavy (non-hydrogen) atoms. The standard InChI is InChI=1S/C14H23N3O/c1-4-13-10-18-11(2)9-17(13)14-6-5-12(7-15-3)8-16-14/h5-6,8,11,13,15H,4,7,9-10H2,1-3H3. The summed E-state index contributed by atoms with van der Waals surface area (Å²) in [6, 6.07) is 4.71. The topological polar surface area (TPSA) is 37.4 Å². The van der Waals surface area contributed by atoms with Gasteiger partial charge in [-0.3, -0.25) is 0 Å². The lowest BCUT2D eigenvalue weighted by Gasteiger charge is -2.39. The first-order valence-corrected chi connectivity index (χ1v) is 6.72. The normalized spacial score (nSPS) is 24.3. The van der Waals surface area contributed by atoms with Crippen molar-refractivity contribution >= 4 is 5.82 Å². The number of anilines is 1. The van der Waals surface area contributed by atoms with Crippen LogP contribution < -0.4 is 10.2 Å². The Morgan fingerprint density at radius 2 is 2.33 bits per heavy atom. The van der Waals surface area contributed by atoms with Gasteiger partial charge in [-0.25, -0.2) is 4.98 Å². The van der Waals surface area contributed by atoms with E-state index in [1.807, 2.05) is 13.2 Å². The molecule has 1 N–H and O–H groups in total. The molecular formula is C14H23N3O. The second kappa shape index (κ2) is 6.16. The van der Waals surface area contributed by atoms with Crippen LogP contribution in [0.25, 0.3) is 0 Å². The highest BCUT2D eigenvalue weighted by Crippen LogP contribution is 2.21. The van der Waals surface area contributed by atoms with E-state index in [1.54, 1.807) is 0 Å². The summed E-state index contributed by atoms with van der Waals surface area (Å²) in [5.74, 6) is 1.07. The molecule has 0 aromatic carbocycles. The maximum Gasteiger partial charge on any atom is 0.128 e. The molecule has 4 heteroatoms. The van der Waals surface area contributed by atoms with E-state index in [0.29, 0.717) is 6.04 Å². The van der Waals surface area contributed by atoms with Crippen molar-refractivity contribution in [2.24, 2.45) is 0 Å². The lowest BCUT2D eigenvalue weighted by atomic mass is 10.1. The van der Waals surface area contributed by atoms with Crippen LogP contribution in [-0.2, 0) is 11.3 Å². The third kappa shape index (κ3) is 3.00. The molecule has 1 aliphatic heterocycles. The minimum absolute atomic E-state index is 0.284. The number of morpholine rings is 1. The van der Waals surface area contributed by atoms with Crippen molar-refractivity contribution in [2.45, 2.75) is 39.0 Å². The van der Waals surface area contributed by atoms with Crippen LogP contribution in [0.5, 0.6) is 0 Å². The van der Waals surface area contributed by atoms with Crippen molar-refractivity contribution < 1.29 is 4.74 Å². The van der Waals surface area contributed by atoms with Gasteiger partial charge in [0.25, 0.3) is 0 Å². The van der Waals surface area contributed by atoms with Gasteiger partial charge in [-0.1, -0.05) is 13.0 Å². The molecule has 4 nitrogen and oxygen atoms in total. The first kappa shape index (κ1) is 13.3. The van der Waals surface area contributed by atoms with Gasteiger partial charge < -0.3 is 15.0 Å². The Balaban J connectivity index is 2.12. The van der Waals surface area contributed by atoms with Gasteiger partial charge in [-0.2, -0.15) is 0 Å². The SMILES string of the molecule is CCC1COC(C)CN1c1ccc(CNC)cn1. The zero-order valence-electron chi connectivity index (χ0n) is 11.5. The van der Waals surface area contributed by atoms with Crippen LogP contribution >= 0.6 is 0 Å². The number of pyridine rings is 1. The largest absolute Gasteiger partial charge is 0.375 e. The van der Waals surface area contributed by atoms with Crippen molar-refractivity contribution in [1.82, 2.24) is 10.3 Å². The lowest BCUT2D eigenvalue weighted by molar-refractivity contribution is 0.0296. The molecule has 1 saturated heterocycles. The molecule has 1 aromatic rings. The van der Waals surface area contributed by atoms with Crippen LogP contribution in [0.3, 0.4) is 0 Å². The maximum atomic E-state index is 5.72. The molecule has 1 aliphatic rings. The molecule has 0 bridgehead atoms. The maximum absolute atomic E-state index is 5.72. The molecule has 2 atom stereocenters. The third-order valence-electron chi connectivity index (χ3n) is 3.42. The van der Waals surface area contributed by atoms with Crippen molar-refractivity contribution in [2.75, 3.05) is 25.1 Å². The smallest absolute Gasteiger partial charge is 0.128 e. The number of ether oxygens (including phenoxy) is 1. The lowest BCUT2D eigenvalue weighted by Crippen LogP contribution is -2.49. The monoisotopic (exact) mass is 249 g/mol. The summed E-state index contributed by atoms with van der Waals surface area (Å²) < 4.78 is 5.72. The molecule has 1 aromatic heterocycles. The second-order valence-corrected chi connectivity index (χ2v) is 4.91. The van der Waals surface area contributed by atoms with E-state index in [1.165, 1.54) is 5.56 Å². The molecule has 0 radical (unpaired) electrons. The van der Waals surface area contributed by atoms with Crippen LogP contribution in [0.2, 0.25) is 0 Å². The predicted molar refractivity (Wildman–Crippen MR) is 73.8 cm³/mol. The average molecular weight is 249 g/mol. The Hall–Kier alpha value is -1.13. The van der Waals surface area contributed by atoms with Gasteiger partial charge in [-0.15, -0.1) is 0 Å². The fourth-order valence-electron chi connectivity index (χ4n) is 2.36. The average Bonchev–Trinajstić information content (AvgIpc) is 2.40. The third-order valence-corrected chi connectivity index (χ3v) is 3.42. The molecule has 100 valence electrons. The number of hydrogen-bond acceptors (Lipinski definition) is 4. The number of hydrogen-bond donors (Lipinski definition) is 1. The van der Waals surface area contributed by atoms with E-state index in [4.69, 9.17) is 4.74 Å². The molecular weight excluding hydrogens is 226 g/mol. The highest BCUT2D eigenvalue weighted by Gasteiger charge is 2.26. The highest BCUT2D eigenvalue weighted by molar-refractivity contribution is 5.41. The summed E-state index contributed by atoms with van der Waals surface area (Å²) in [6.45, 7) is 6.92. The minimum atomic E-state index is 0.284. The summed E-state index contributed by atoms with van der Waals surface area (Å²) in [5.41, 5.74) is 1.22. The van der Waals surface area contributed by atoms with E-state index in [-0.39, 0.29) is 6.10 Å². The Bertz CT molecular complexity index is 366. The summed E-state index contributed by atoms with van der Waals surface area (Å²) in [5, 5.41) is 3.14. The van der Waals surface area contributed by atoms with Crippen LogP contribution in [-0.4, -0.2) is 37.3 Å². The Morgan fingerprint density at radius 1 is 1.50 bits per heavy atom. The van der Waals surface area contributed by atoms with Gasteiger partial charge in [0.05, 0.1) is 18.8 Å².